The molecule has 20 heavy (non-hydrogen) atoms. The first-order valence-corrected chi connectivity index (χ1v) is 6.92. The lowest BCUT2D eigenvalue weighted by molar-refractivity contribution is -0.384. The molecule has 7 nitrogen and oxygen atoms in total. The van der Waals surface area contributed by atoms with Gasteiger partial charge in [-0.1, -0.05) is 6.92 Å². The molecule has 1 rings (SSSR count). The van der Waals surface area contributed by atoms with E-state index >= 15 is 0 Å². The third kappa shape index (κ3) is 4.62. The van der Waals surface area contributed by atoms with Crippen molar-refractivity contribution in [1.29, 1.82) is 0 Å². The number of benzene rings is 1. The van der Waals surface area contributed by atoms with Gasteiger partial charge in [0.2, 0.25) is 0 Å². The topological polar surface area (TPSA) is 105 Å². The highest BCUT2D eigenvalue weighted by atomic mass is 79.9. The van der Waals surface area contributed by atoms with Gasteiger partial charge in [-0.05, 0) is 22.4 Å². The Kier molecular flexibility index (Phi) is 6.69. The van der Waals surface area contributed by atoms with Crippen molar-refractivity contribution in [3.63, 3.8) is 0 Å². The minimum absolute atomic E-state index is 0.00614. The van der Waals surface area contributed by atoms with Gasteiger partial charge in [-0.25, -0.2) is 0 Å². The van der Waals surface area contributed by atoms with Gasteiger partial charge in [-0.2, -0.15) is 0 Å². The third-order valence-corrected chi connectivity index (χ3v) is 3.07. The Morgan fingerprint density at radius 2 is 2.25 bits per heavy atom. The summed E-state index contributed by atoms with van der Waals surface area (Å²) in [5.74, 6) is 0.485. The summed E-state index contributed by atoms with van der Waals surface area (Å²) in [6.45, 7) is 2.04. The number of anilines is 1. The molecule has 0 bridgehead atoms. The van der Waals surface area contributed by atoms with Gasteiger partial charge < -0.3 is 20.3 Å². The maximum Gasteiger partial charge on any atom is 0.293 e. The molecule has 112 valence electrons. The number of nitrogens with one attached hydrogen (secondary N) is 1. The zero-order chi connectivity index (χ0) is 15.1. The molecule has 0 fully saturated rings. The number of aliphatic hydroxyl groups is 2. The van der Waals surface area contributed by atoms with Crippen LogP contribution in [0.15, 0.2) is 16.6 Å². The van der Waals surface area contributed by atoms with E-state index in [0.29, 0.717) is 16.8 Å². The average molecular weight is 349 g/mol. The summed E-state index contributed by atoms with van der Waals surface area (Å²) in [5.41, 5.74) is 0.0997. The van der Waals surface area contributed by atoms with Crippen LogP contribution >= 0.6 is 15.9 Å². The molecule has 0 saturated heterocycles. The first-order chi connectivity index (χ1) is 9.49. The van der Waals surface area contributed by atoms with Gasteiger partial charge in [-0.3, -0.25) is 10.1 Å². The third-order valence-electron chi connectivity index (χ3n) is 2.45. The number of ether oxygens (including phenoxy) is 1. The lowest BCUT2D eigenvalue weighted by Gasteiger charge is -2.13. The van der Waals surface area contributed by atoms with Crippen molar-refractivity contribution in [2.45, 2.75) is 19.4 Å². The zero-order valence-corrected chi connectivity index (χ0v) is 12.6. The van der Waals surface area contributed by atoms with Crippen molar-refractivity contribution in [3.05, 3.63) is 26.7 Å². The van der Waals surface area contributed by atoms with Crippen molar-refractivity contribution >= 4 is 27.3 Å². The van der Waals surface area contributed by atoms with E-state index in [4.69, 9.17) is 9.84 Å². The van der Waals surface area contributed by atoms with E-state index in [2.05, 4.69) is 21.2 Å². The quantitative estimate of drug-likeness (QED) is 0.489. The largest absolute Gasteiger partial charge is 0.492 e. The van der Waals surface area contributed by atoms with E-state index in [1.807, 2.05) is 6.92 Å². The smallest absolute Gasteiger partial charge is 0.293 e. The van der Waals surface area contributed by atoms with Crippen molar-refractivity contribution in [1.82, 2.24) is 0 Å². The molecule has 0 aliphatic heterocycles. The van der Waals surface area contributed by atoms with Crippen LogP contribution in [0.5, 0.6) is 5.75 Å². The second-order valence-electron chi connectivity index (χ2n) is 4.12. The van der Waals surface area contributed by atoms with Crippen LogP contribution in [0.1, 0.15) is 13.3 Å². The van der Waals surface area contributed by atoms with E-state index < -0.39 is 17.6 Å². The van der Waals surface area contributed by atoms with Crippen molar-refractivity contribution in [2.75, 3.05) is 25.1 Å². The Morgan fingerprint density at radius 3 is 2.80 bits per heavy atom. The molecular formula is C12H17BrN2O5. The predicted octanol–water partition coefficient (Wildman–Crippen LogP) is 1.91. The van der Waals surface area contributed by atoms with Crippen molar-refractivity contribution < 1.29 is 19.9 Å². The number of aliphatic hydroxyl groups excluding tert-OH is 2. The molecule has 1 atom stereocenters. The summed E-state index contributed by atoms with van der Waals surface area (Å²) < 4.78 is 5.96. The maximum atomic E-state index is 11.0. The van der Waals surface area contributed by atoms with Crippen LogP contribution < -0.4 is 10.1 Å². The summed E-state index contributed by atoms with van der Waals surface area (Å²) >= 11 is 3.23. The summed E-state index contributed by atoms with van der Waals surface area (Å²) in [6, 6.07) is 2.85. The maximum absolute atomic E-state index is 11.0. The molecule has 3 N–H and O–H groups in total. The van der Waals surface area contributed by atoms with E-state index in [9.17, 15) is 15.2 Å². The molecule has 0 amide bonds. The van der Waals surface area contributed by atoms with Crippen LogP contribution in [0.25, 0.3) is 0 Å². The molecule has 1 aromatic rings. The summed E-state index contributed by atoms with van der Waals surface area (Å²) in [4.78, 5) is 10.5. The number of nitro groups is 1. The van der Waals surface area contributed by atoms with Crippen molar-refractivity contribution in [2.24, 2.45) is 0 Å². The Hall–Kier alpha value is -1.38. The molecule has 0 aliphatic carbocycles. The van der Waals surface area contributed by atoms with Crippen LogP contribution in [0.4, 0.5) is 11.4 Å². The molecule has 0 heterocycles. The SMILES string of the molecule is CCCOc1cc(NCC(O)CO)c([N+](=O)[O-])cc1Br. The lowest BCUT2D eigenvalue weighted by Crippen LogP contribution is -2.23. The van der Waals surface area contributed by atoms with E-state index in [-0.39, 0.29) is 17.9 Å². The van der Waals surface area contributed by atoms with Gasteiger partial charge in [0.05, 0.1) is 28.7 Å². The van der Waals surface area contributed by atoms with Crippen LogP contribution in [-0.4, -0.2) is 41.0 Å². The monoisotopic (exact) mass is 348 g/mol. The van der Waals surface area contributed by atoms with Gasteiger partial charge in [0.1, 0.15) is 11.4 Å². The number of halogens is 1. The van der Waals surface area contributed by atoms with Gasteiger partial charge >= 0.3 is 0 Å². The zero-order valence-electron chi connectivity index (χ0n) is 11.0. The van der Waals surface area contributed by atoms with Gasteiger partial charge in [-0.15, -0.1) is 0 Å². The fraction of sp³-hybridized carbons (Fsp3) is 0.500. The normalized spacial score (nSPS) is 12.0. The van der Waals surface area contributed by atoms with Gasteiger partial charge in [0.25, 0.3) is 5.69 Å². The standard InChI is InChI=1S/C12H17BrN2O5/c1-2-3-20-12-5-10(14-6-8(17)7-16)11(15(18)19)4-9(12)13/h4-5,8,14,16-17H,2-3,6-7H2,1H3. The summed E-state index contributed by atoms with van der Waals surface area (Å²) in [7, 11) is 0. The minimum Gasteiger partial charge on any atom is -0.492 e. The number of nitro benzene ring substituents is 1. The highest BCUT2D eigenvalue weighted by Crippen LogP contribution is 2.36. The number of hydrogen-bond acceptors (Lipinski definition) is 6. The molecule has 8 heteroatoms. The first-order valence-electron chi connectivity index (χ1n) is 6.13. The second-order valence-corrected chi connectivity index (χ2v) is 4.98. The fourth-order valence-corrected chi connectivity index (χ4v) is 1.90. The number of hydrogen-bond donors (Lipinski definition) is 3. The Balaban J connectivity index is 3.00. The highest BCUT2D eigenvalue weighted by Gasteiger charge is 2.18. The molecule has 0 saturated carbocycles. The van der Waals surface area contributed by atoms with Gasteiger partial charge in [0.15, 0.2) is 0 Å². The van der Waals surface area contributed by atoms with Crippen molar-refractivity contribution in [3.8, 4) is 5.75 Å². The average Bonchev–Trinajstić information content (AvgIpc) is 2.43. The first kappa shape index (κ1) is 16.7. The summed E-state index contributed by atoms with van der Waals surface area (Å²) in [5, 5.41) is 31.8. The molecular weight excluding hydrogens is 332 g/mol. The molecule has 0 aliphatic rings. The number of nitrogens with zero attached hydrogens (tertiary/aromatic N) is 1. The molecule has 0 radical (unpaired) electrons. The highest BCUT2D eigenvalue weighted by molar-refractivity contribution is 9.10. The fourth-order valence-electron chi connectivity index (χ4n) is 1.45. The second kappa shape index (κ2) is 8.03. The minimum atomic E-state index is -0.988. The van der Waals surface area contributed by atoms with E-state index in [1.54, 1.807) is 0 Å². The van der Waals surface area contributed by atoms with E-state index in [0.717, 1.165) is 6.42 Å². The van der Waals surface area contributed by atoms with Crippen LogP contribution in [0.3, 0.4) is 0 Å². The molecule has 1 unspecified atom stereocenters. The lowest BCUT2D eigenvalue weighted by atomic mass is 10.2. The molecule has 0 spiro atoms. The molecule has 1 aromatic carbocycles. The number of rotatable bonds is 8. The predicted molar refractivity (Wildman–Crippen MR) is 78.2 cm³/mol. The molecule has 0 aromatic heterocycles. The Morgan fingerprint density at radius 1 is 1.55 bits per heavy atom. The van der Waals surface area contributed by atoms with Gasteiger partial charge in [0, 0.05) is 18.7 Å². The van der Waals surface area contributed by atoms with E-state index in [1.165, 1.54) is 12.1 Å². The van der Waals surface area contributed by atoms with Crippen LogP contribution in [0, 0.1) is 10.1 Å². The Bertz CT molecular complexity index is 469. The summed E-state index contributed by atoms with van der Waals surface area (Å²) in [6.07, 6.45) is -0.173. The van der Waals surface area contributed by atoms with Crippen LogP contribution in [-0.2, 0) is 0 Å². The van der Waals surface area contributed by atoms with Crippen LogP contribution in [0.2, 0.25) is 0 Å². The Labute approximate surface area is 124 Å².